The summed E-state index contributed by atoms with van der Waals surface area (Å²) in [4.78, 5) is 22.0. The van der Waals surface area contributed by atoms with Crippen LogP contribution in [0.1, 0.15) is 31.4 Å². The molecule has 0 spiro atoms. The molecule has 1 unspecified atom stereocenters. The van der Waals surface area contributed by atoms with Crippen molar-refractivity contribution in [3.63, 3.8) is 0 Å². The largest absolute Gasteiger partial charge is 0.387 e. The van der Waals surface area contributed by atoms with E-state index in [0.717, 1.165) is 5.56 Å². The number of carbonyl (C=O) groups excluding carboxylic acids is 2. The standard InChI is InChI=1S/C13H17NO3/c1-10(15)7-8-13(17)14-9-12(16)11-5-3-2-4-6-11/h2-6,12,16H,7-9H2,1H3,(H,14,17). The third kappa shape index (κ3) is 5.26. The van der Waals surface area contributed by atoms with Gasteiger partial charge in [0.25, 0.3) is 0 Å². The van der Waals surface area contributed by atoms with Crippen LogP contribution in [0.3, 0.4) is 0 Å². The second-order valence-corrected chi connectivity index (χ2v) is 3.93. The number of benzene rings is 1. The number of nitrogens with one attached hydrogen (secondary N) is 1. The van der Waals surface area contributed by atoms with Gasteiger partial charge in [-0.1, -0.05) is 30.3 Å². The van der Waals surface area contributed by atoms with Crippen LogP contribution < -0.4 is 5.32 Å². The van der Waals surface area contributed by atoms with Crippen LogP contribution >= 0.6 is 0 Å². The van der Waals surface area contributed by atoms with Gasteiger partial charge in [0.1, 0.15) is 5.78 Å². The molecule has 0 heterocycles. The molecule has 1 amide bonds. The van der Waals surface area contributed by atoms with Crippen LogP contribution in [0.5, 0.6) is 0 Å². The Morgan fingerprint density at radius 2 is 1.88 bits per heavy atom. The molecule has 1 rings (SSSR count). The number of aliphatic hydroxyl groups excluding tert-OH is 1. The Morgan fingerprint density at radius 1 is 1.24 bits per heavy atom. The summed E-state index contributed by atoms with van der Waals surface area (Å²) in [7, 11) is 0. The van der Waals surface area contributed by atoms with Crippen LogP contribution in [0.25, 0.3) is 0 Å². The average Bonchev–Trinajstić information content (AvgIpc) is 2.34. The number of hydrogen-bond acceptors (Lipinski definition) is 3. The van der Waals surface area contributed by atoms with Crippen LogP contribution in [0.4, 0.5) is 0 Å². The van der Waals surface area contributed by atoms with Gasteiger partial charge in [-0.25, -0.2) is 0 Å². The lowest BCUT2D eigenvalue weighted by Crippen LogP contribution is -2.28. The summed E-state index contributed by atoms with van der Waals surface area (Å²) in [6, 6.07) is 9.12. The van der Waals surface area contributed by atoms with E-state index < -0.39 is 6.10 Å². The summed E-state index contributed by atoms with van der Waals surface area (Å²) < 4.78 is 0. The highest BCUT2D eigenvalue weighted by molar-refractivity contribution is 5.83. The smallest absolute Gasteiger partial charge is 0.220 e. The minimum Gasteiger partial charge on any atom is -0.387 e. The maximum Gasteiger partial charge on any atom is 0.220 e. The summed E-state index contributed by atoms with van der Waals surface area (Å²) in [5.74, 6) is -0.223. The van der Waals surface area contributed by atoms with Crippen LogP contribution in [0.2, 0.25) is 0 Å². The number of ketones is 1. The summed E-state index contributed by atoms with van der Waals surface area (Å²) in [5.41, 5.74) is 0.763. The molecule has 1 atom stereocenters. The number of amides is 1. The maximum absolute atomic E-state index is 11.3. The monoisotopic (exact) mass is 235 g/mol. The molecule has 4 heteroatoms. The molecule has 0 aliphatic heterocycles. The molecule has 1 aromatic carbocycles. The van der Waals surface area contributed by atoms with Crippen molar-refractivity contribution in [3.05, 3.63) is 35.9 Å². The van der Waals surface area contributed by atoms with Gasteiger partial charge in [-0.3, -0.25) is 4.79 Å². The molecule has 0 radical (unpaired) electrons. The predicted molar refractivity (Wildman–Crippen MR) is 64.3 cm³/mol. The van der Waals surface area contributed by atoms with E-state index in [9.17, 15) is 14.7 Å². The van der Waals surface area contributed by atoms with Crippen molar-refractivity contribution in [2.75, 3.05) is 6.54 Å². The highest BCUT2D eigenvalue weighted by atomic mass is 16.3. The van der Waals surface area contributed by atoms with Crippen LogP contribution in [0, 0.1) is 0 Å². The Hall–Kier alpha value is -1.68. The van der Waals surface area contributed by atoms with E-state index in [0.29, 0.717) is 0 Å². The van der Waals surface area contributed by atoms with Gasteiger partial charge in [0, 0.05) is 19.4 Å². The predicted octanol–water partition coefficient (Wildman–Crippen LogP) is 1.21. The van der Waals surface area contributed by atoms with Crippen molar-refractivity contribution < 1.29 is 14.7 Å². The van der Waals surface area contributed by atoms with E-state index in [1.807, 2.05) is 18.2 Å². The number of rotatable bonds is 6. The average molecular weight is 235 g/mol. The van der Waals surface area contributed by atoms with Crippen molar-refractivity contribution in [1.29, 1.82) is 0 Å². The fourth-order valence-electron chi connectivity index (χ4n) is 1.38. The van der Waals surface area contributed by atoms with E-state index in [1.54, 1.807) is 12.1 Å². The van der Waals surface area contributed by atoms with Crippen molar-refractivity contribution in [1.82, 2.24) is 5.32 Å². The van der Waals surface area contributed by atoms with Gasteiger partial charge in [-0.15, -0.1) is 0 Å². The summed E-state index contributed by atoms with van der Waals surface area (Å²) >= 11 is 0. The first-order valence-corrected chi connectivity index (χ1v) is 5.58. The van der Waals surface area contributed by atoms with Gasteiger partial charge >= 0.3 is 0 Å². The molecule has 0 fully saturated rings. The van der Waals surface area contributed by atoms with Crippen LogP contribution in [0.15, 0.2) is 30.3 Å². The van der Waals surface area contributed by atoms with Crippen LogP contribution in [-0.4, -0.2) is 23.3 Å². The number of aliphatic hydroxyl groups is 1. The SMILES string of the molecule is CC(=O)CCC(=O)NCC(O)c1ccccc1. The fraction of sp³-hybridized carbons (Fsp3) is 0.385. The molecular weight excluding hydrogens is 218 g/mol. The summed E-state index contributed by atoms with van der Waals surface area (Å²) in [6.07, 6.45) is -0.290. The van der Waals surface area contributed by atoms with Gasteiger partial charge in [0.05, 0.1) is 6.10 Å². The Bertz CT molecular complexity index is 376. The second kappa shape index (κ2) is 6.81. The van der Waals surface area contributed by atoms with Crippen molar-refractivity contribution >= 4 is 11.7 Å². The Balaban J connectivity index is 2.31. The van der Waals surface area contributed by atoms with E-state index in [4.69, 9.17) is 0 Å². The van der Waals surface area contributed by atoms with Crippen molar-refractivity contribution in [2.45, 2.75) is 25.9 Å². The molecule has 4 nitrogen and oxygen atoms in total. The van der Waals surface area contributed by atoms with E-state index in [-0.39, 0.29) is 31.1 Å². The first kappa shape index (κ1) is 13.4. The third-order valence-corrected chi connectivity index (χ3v) is 2.38. The Kier molecular flexibility index (Phi) is 5.36. The first-order chi connectivity index (χ1) is 8.09. The van der Waals surface area contributed by atoms with E-state index in [1.165, 1.54) is 6.92 Å². The normalized spacial score (nSPS) is 11.9. The second-order valence-electron chi connectivity index (χ2n) is 3.93. The van der Waals surface area contributed by atoms with E-state index in [2.05, 4.69) is 5.32 Å². The minimum absolute atomic E-state index is 0.0104. The number of Topliss-reactive ketones (excluding diaryl/α,β-unsaturated/α-hetero) is 1. The molecule has 0 saturated heterocycles. The quantitative estimate of drug-likeness (QED) is 0.778. The van der Waals surface area contributed by atoms with E-state index >= 15 is 0 Å². The third-order valence-electron chi connectivity index (χ3n) is 2.38. The van der Waals surface area contributed by atoms with Crippen molar-refractivity contribution in [2.24, 2.45) is 0 Å². The molecule has 17 heavy (non-hydrogen) atoms. The zero-order chi connectivity index (χ0) is 12.7. The van der Waals surface area contributed by atoms with Gasteiger partial charge in [-0.05, 0) is 12.5 Å². The molecule has 92 valence electrons. The zero-order valence-electron chi connectivity index (χ0n) is 9.85. The van der Waals surface area contributed by atoms with Crippen molar-refractivity contribution in [3.8, 4) is 0 Å². The molecular formula is C13H17NO3. The molecule has 0 aliphatic rings. The van der Waals surface area contributed by atoms with Gasteiger partial charge in [0.15, 0.2) is 0 Å². The lowest BCUT2D eigenvalue weighted by atomic mass is 10.1. The lowest BCUT2D eigenvalue weighted by molar-refractivity contribution is -0.124. The topological polar surface area (TPSA) is 66.4 Å². The first-order valence-electron chi connectivity index (χ1n) is 5.58. The van der Waals surface area contributed by atoms with Gasteiger partial charge in [-0.2, -0.15) is 0 Å². The maximum atomic E-state index is 11.3. The van der Waals surface area contributed by atoms with Crippen LogP contribution in [-0.2, 0) is 9.59 Å². The lowest BCUT2D eigenvalue weighted by Gasteiger charge is -2.11. The fourth-order valence-corrected chi connectivity index (χ4v) is 1.38. The highest BCUT2D eigenvalue weighted by Gasteiger charge is 2.09. The Morgan fingerprint density at radius 3 is 2.47 bits per heavy atom. The minimum atomic E-state index is -0.711. The van der Waals surface area contributed by atoms with Gasteiger partial charge < -0.3 is 15.2 Å². The molecule has 0 aliphatic carbocycles. The molecule has 1 aromatic rings. The molecule has 2 N–H and O–H groups in total. The highest BCUT2D eigenvalue weighted by Crippen LogP contribution is 2.10. The number of carbonyl (C=O) groups is 2. The summed E-state index contributed by atoms with van der Waals surface area (Å²) in [6.45, 7) is 1.62. The molecule has 0 aromatic heterocycles. The zero-order valence-corrected chi connectivity index (χ0v) is 9.85. The molecule has 0 bridgehead atoms. The Labute approximate surface area is 101 Å². The molecule has 0 saturated carbocycles. The number of hydrogen-bond donors (Lipinski definition) is 2. The van der Waals surface area contributed by atoms with Gasteiger partial charge in [0.2, 0.25) is 5.91 Å². The summed E-state index contributed by atoms with van der Waals surface area (Å²) in [5, 5.41) is 12.4.